The van der Waals surface area contributed by atoms with Crippen LogP contribution in [0.3, 0.4) is 0 Å². The summed E-state index contributed by atoms with van der Waals surface area (Å²) in [5.74, 6) is 1.73. The second-order valence-corrected chi connectivity index (χ2v) is 17.7. The number of sulfonamides is 1. The van der Waals surface area contributed by atoms with E-state index in [1.807, 2.05) is 36.4 Å². The number of hydrogen-bond acceptors (Lipinski definition) is 6. The van der Waals surface area contributed by atoms with Gasteiger partial charge >= 0.3 is 0 Å². The minimum Gasteiger partial charge on any atom is -0.744 e. The number of fused-ring (bicyclic) bond motifs is 2. The van der Waals surface area contributed by atoms with Gasteiger partial charge in [0.15, 0.2) is 0 Å². The van der Waals surface area contributed by atoms with Crippen LogP contribution in [0.5, 0.6) is 11.5 Å². The van der Waals surface area contributed by atoms with Crippen LogP contribution < -0.4 is 19.9 Å². The highest BCUT2D eigenvalue weighted by Crippen LogP contribution is 2.39. The summed E-state index contributed by atoms with van der Waals surface area (Å²) in [4.78, 5) is -0.246. The summed E-state index contributed by atoms with van der Waals surface area (Å²) in [5, 5.41) is 1.70. The Balaban J connectivity index is 0.000000384. The summed E-state index contributed by atoms with van der Waals surface area (Å²) < 4.78 is 67.8. The van der Waals surface area contributed by atoms with Crippen molar-refractivity contribution in [1.29, 1.82) is 0 Å². The van der Waals surface area contributed by atoms with E-state index in [1.165, 1.54) is 53.0 Å². The van der Waals surface area contributed by atoms with Gasteiger partial charge in [-0.05, 0) is 121 Å². The number of aryl methyl sites for hydroxylation is 4. The predicted molar refractivity (Wildman–Crippen MR) is 223 cm³/mol. The van der Waals surface area contributed by atoms with E-state index in [4.69, 9.17) is 4.74 Å². The standard InChI is InChI=1S/C37H32O4S.C9H21NO2S/c1-23-9-7-10-24(2)32(23)19-27-15-17-29-34(21-27)41-35-22-28(20-33-25(3)11-8-12-26(33)4)16-18-30(35)37(29)31-13-5-6-14-36(31)42(38,39)40;1-4-6-7-9(5-2)8-10-13(3,11)12/h5-19,21-22H,20H2,1-4H3,(H,38,39,40);9-10H,4-8H2,1-3H3/p-1/b27-19+;. The topological polar surface area (TPSA) is 113 Å². The number of unbranched alkanes of at least 4 members (excludes halogenated alkanes) is 1. The molecular weight excluding hydrogens is 727 g/mol. The third-order valence-corrected chi connectivity index (χ3v) is 11.9. The smallest absolute Gasteiger partial charge is 0.208 e. The normalized spacial score (nSPS) is 13.3. The Kier molecular flexibility index (Phi) is 13.6. The van der Waals surface area contributed by atoms with Gasteiger partial charge in [-0.2, -0.15) is 0 Å². The lowest BCUT2D eigenvalue weighted by Crippen LogP contribution is -2.28. The first-order valence-corrected chi connectivity index (χ1v) is 22.2. The highest BCUT2D eigenvalue weighted by Gasteiger charge is 2.24. The summed E-state index contributed by atoms with van der Waals surface area (Å²) in [6.07, 6.45) is 8.61. The molecule has 5 aromatic carbocycles. The molecule has 290 valence electrons. The van der Waals surface area contributed by atoms with Gasteiger partial charge in [0, 0.05) is 28.5 Å². The molecule has 0 amide bonds. The Labute approximate surface area is 327 Å². The number of rotatable bonds is 12. The second-order valence-electron chi connectivity index (χ2n) is 14.5. The van der Waals surface area contributed by atoms with Gasteiger partial charge < -0.3 is 9.29 Å². The molecule has 0 saturated carbocycles. The quantitative estimate of drug-likeness (QED) is 0.125. The Morgan fingerprint density at radius 3 is 2.02 bits per heavy atom. The van der Waals surface area contributed by atoms with Gasteiger partial charge in [0.1, 0.15) is 21.6 Å². The molecule has 5 aromatic rings. The molecule has 0 aromatic heterocycles. The first-order chi connectivity index (χ1) is 26.1. The molecule has 1 atom stereocenters. The van der Waals surface area contributed by atoms with Crippen LogP contribution >= 0.6 is 0 Å². The highest BCUT2D eigenvalue weighted by molar-refractivity contribution is 7.88. The van der Waals surface area contributed by atoms with E-state index in [0.717, 1.165) is 46.4 Å². The Bertz CT molecular complexity index is 2480. The van der Waals surface area contributed by atoms with Gasteiger partial charge in [-0.1, -0.05) is 106 Å². The van der Waals surface area contributed by atoms with Crippen LogP contribution in [0, 0.1) is 33.6 Å². The summed E-state index contributed by atoms with van der Waals surface area (Å²) in [7, 11) is -7.73. The average Bonchev–Trinajstić information content (AvgIpc) is 3.13. The third-order valence-electron chi connectivity index (χ3n) is 10.3. The van der Waals surface area contributed by atoms with Gasteiger partial charge in [0.05, 0.1) is 11.2 Å². The van der Waals surface area contributed by atoms with Crippen molar-refractivity contribution in [1.82, 2.24) is 4.72 Å². The van der Waals surface area contributed by atoms with Gasteiger partial charge in [0.2, 0.25) is 10.0 Å². The lowest BCUT2D eigenvalue weighted by atomic mass is 9.90. The van der Waals surface area contributed by atoms with Crippen LogP contribution in [0.25, 0.3) is 11.6 Å². The van der Waals surface area contributed by atoms with E-state index in [-0.39, 0.29) is 4.90 Å². The maximum atomic E-state index is 12.4. The first-order valence-electron chi connectivity index (χ1n) is 18.9. The van der Waals surface area contributed by atoms with Crippen molar-refractivity contribution in [2.24, 2.45) is 5.92 Å². The van der Waals surface area contributed by atoms with Gasteiger partial charge in [-0.25, -0.2) is 21.6 Å². The van der Waals surface area contributed by atoms with Crippen LogP contribution in [0.4, 0.5) is 0 Å². The summed E-state index contributed by atoms with van der Waals surface area (Å²) in [6, 6.07) is 30.9. The molecule has 0 spiro atoms. The average molecular weight is 779 g/mol. The number of benzene rings is 5. The molecule has 6 rings (SSSR count). The molecule has 0 saturated heterocycles. The molecule has 0 radical (unpaired) electrons. The van der Waals surface area contributed by atoms with E-state index >= 15 is 0 Å². The molecule has 0 aliphatic carbocycles. The van der Waals surface area contributed by atoms with E-state index in [2.05, 4.69) is 88.7 Å². The van der Waals surface area contributed by atoms with Crippen molar-refractivity contribution >= 4 is 31.8 Å². The van der Waals surface area contributed by atoms with Crippen molar-refractivity contribution in [3.63, 3.8) is 0 Å². The van der Waals surface area contributed by atoms with E-state index in [9.17, 15) is 21.4 Å². The molecule has 9 heteroatoms. The summed E-state index contributed by atoms with van der Waals surface area (Å²) in [5.41, 5.74) is 10.1. The van der Waals surface area contributed by atoms with Crippen LogP contribution in [0.1, 0.15) is 89.6 Å². The van der Waals surface area contributed by atoms with Crippen LogP contribution in [-0.2, 0) is 26.6 Å². The fourth-order valence-corrected chi connectivity index (χ4v) is 8.32. The van der Waals surface area contributed by atoms with E-state index in [1.54, 1.807) is 18.2 Å². The largest absolute Gasteiger partial charge is 0.744 e. The fourth-order valence-electron chi connectivity index (χ4n) is 7.10. The van der Waals surface area contributed by atoms with Gasteiger partial charge in [-0.15, -0.1) is 0 Å². The SMILES string of the molecule is CCCCC(CC)CNS(C)(=O)=O.Cc1cccc(C)c1/C=c1\ccc2c(c1)Oc1cc(Cc3c(C)cccc3C)ccc1C=2c1ccccc1S(=O)(=O)[O-]. The Morgan fingerprint density at radius 1 is 0.745 bits per heavy atom. The molecule has 55 heavy (non-hydrogen) atoms. The maximum Gasteiger partial charge on any atom is 0.208 e. The zero-order valence-electron chi connectivity index (χ0n) is 32.9. The molecular formula is C46H52NO6S2-. The minimum absolute atomic E-state index is 0.246. The Hall–Kier alpha value is -4.54. The molecule has 1 aliphatic heterocycles. The van der Waals surface area contributed by atoms with Crippen molar-refractivity contribution in [2.75, 3.05) is 12.8 Å². The molecule has 0 bridgehead atoms. The summed E-state index contributed by atoms with van der Waals surface area (Å²) in [6.45, 7) is 13.3. The van der Waals surface area contributed by atoms with Crippen molar-refractivity contribution in [3.05, 3.63) is 158 Å². The molecule has 1 aliphatic rings. The number of hydrogen-bond donors (Lipinski definition) is 1. The van der Waals surface area contributed by atoms with E-state index in [0.29, 0.717) is 35.1 Å². The monoisotopic (exact) mass is 778 g/mol. The number of nitrogens with one attached hydrogen (secondary N) is 1. The van der Waals surface area contributed by atoms with Gasteiger partial charge in [0.25, 0.3) is 0 Å². The highest BCUT2D eigenvalue weighted by atomic mass is 32.2. The first kappa shape index (κ1) is 41.6. The third kappa shape index (κ3) is 10.6. The molecule has 0 fully saturated rings. The second kappa shape index (κ2) is 17.9. The van der Waals surface area contributed by atoms with Crippen molar-refractivity contribution < 1.29 is 26.1 Å². The fraction of sp³-hybridized carbons (Fsp3) is 0.304. The predicted octanol–water partition coefficient (Wildman–Crippen LogP) is 8.35. The zero-order valence-corrected chi connectivity index (χ0v) is 34.5. The molecule has 7 nitrogen and oxygen atoms in total. The van der Waals surface area contributed by atoms with Crippen LogP contribution in [0.2, 0.25) is 0 Å². The molecule has 1 heterocycles. The minimum atomic E-state index is -4.72. The maximum absolute atomic E-state index is 12.4. The van der Waals surface area contributed by atoms with Crippen molar-refractivity contribution in [2.45, 2.75) is 78.5 Å². The van der Waals surface area contributed by atoms with Crippen molar-refractivity contribution in [3.8, 4) is 11.5 Å². The Morgan fingerprint density at radius 2 is 1.40 bits per heavy atom. The summed E-state index contributed by atoms with van der Waals surface area (Å²) >= 11 is 0. The lowest BCUT2D eigenvalue weighted by molar-refractivity contribution is 0.444. The lowest BCUT2D eigenvalue weighted by Gasteiger charge is -2.24. The van der Waals surface area contributed by atoms with E-state index < -0.39 is 20.1 Å². The van der Waals surface area contributed by atoms with Crippen LogP contribution in [-0.4, -0.2) is 34.2 Å². The molecule has 1 N–H and O–H groups in total. The molecule has 1 unspecified atom stereocenters. The van der Waals surface area contributed by atoms with Crippen LogP contribution in [0.15, 0.2) is 102 Å². The van der Waals surface area contributed by atoms with Gasteiger partial charge in [-0.3, -0.25) is 0 Å². The zero-order chi connectivity index (χ0) is 39.9. The number of ether oxygens (including phenoxy) is 1.